The average Bonchev–Trinajstić information content (AvgIpc) is 2.28. The Morgan fingerprint density at radius 1 is 1.06 bits per heavy atom. The molecule has 0 spiro atoms. The molecule has 1 saturated heterocycles. The molecule has 2 atom stereocenters. The molecule has 94 valence electrons. The molecule has 1 aromatic rings. The van der Waals surface area contributed by atoms with Crippen molar-refractivity contribution in [2.24, 2.45) is 11.8 Å². The molecule has 2 heteroatoms. The first-order chi connectivity index (χ1) is 8.24. The summed E-state index contributed by atoms with van der Waals surface area (Å²) in [5.41, 5.74) is 1.43. The van der Waals surface area contributed by atoms with Crippen LogP contribution in [0.25, 0.3) is 0 Å². The molecule has 0 amide bonds. The monoisotopic (exact) mass is 232 g/mol. The summed E-state index contributed by atoms with van der Waals surface area (Å²) in [5, 5.41) is 3.54. The van der Waals surface area contributed by atoms with Crippen molar-refractivity contribution in [1.82, 2.24) is 10.2 Å². The maximum absolute atomic E-state index is 3.54. The van der Waals surface area contributed by atoms with E-state index in [0.717, 1.165) is 31.5 Å². The quantitative estimate of drug-likeness (QED) is 0.842. The first-order valence-corrected chi connectivity index (χ1v) is 6.71. The zero-order chi connectivity index (χ0) is 12.1. The second-order valence-electron chi connectivity index (χ2n) is 5.55. The Balaban J connectivity index is 1.96. The van der Waals surface area contributed by atoms with Gasteiger partial charge in [-0.25, -0.2) is 0 Å². The molecule has 1 aromatic carbocycles. The van der Waals surface area contributed by atoms with Crippen molar-refractivity contribution in [2.45, 2.75) is 20.4 Å². The van der Waals surface area contributed by atoms with E-state index in [4.69, 9.17) is 0 Å². The fourth-order valence-electron chi connectivity index (χ4n) is 2.63. The van der Waals surface area contributed by atoms with Gasteiger partial charge >= 0.3 is 0 Å². The number of nitrogens with one attached hydrogen (secondary N) is 1. The van der Waals surface area contributed by atoms with Gasteiger partial charge in [0.1, 0.15) is 0 Å². The number of benzene rings is 1. The maximum Gasteiger partial charge on any atom is 0.0233 e. The van der Waals surface area contributed by atoms with E-state index in [1.54, 1.807) is 0 Å². The second kappa shape index (κ2) is 6.18. The van der Waals surface area contributed by atoms with Crippen molar-refractivity contribution in [2.75, 3.05) is 26.2 Å². The molecule has 1 heterocycles. The molecule has 0 saturated carbocycles. The smallest absolute Gasteiger partial charge is 0.0233 e. The van der Waals surface area contributed by atoms with Gasteiger partial charge in [0.15, 0.2) is 0 Å². The molecular formula is C15H24N2. The fourth-order valence-corrected chi connectivity index (χ4v) is 2.63. The van der Waals surface area contributed by atoms with Crippen LogP contribution in [0.5, 0.6) is 0 Å². The molecule has 17 heavy (non-hydrogen) atoms. The Morgan fingerprint density at radius 3 is 2.24 bits per heavy atom. The Morgan fingerprint density at radius 2 is 1.65 bits per heavy atom. The van der Waals surface area contributed by atoms with Crippen LogP contribution >= 0.6 is 0 Å². The standard InChI is InChI=1S/C15H24N2/c1-13-8-16-9-14(2)11-17(10-13)12-15-6-4-3-5-7-15/h3-7,13-14,16H,8-12H2,1-2H3. The summed E-state index contributed by atoms with van der Waals surface area (Å²) in [6.45, 7) is 10.5. The fraction of sp³-hybridized carbons (Fsp3) is 0.600. The molecule has 0 radical (unpaired) electrons. The topological polar surface area (TPSA) is 15.3 Å². The van der Waals surface area contributed by atoms with E-state index in [9.17, 15) is 0 Å². The molecule has 0 aromatic heterocycles. The van der Waals surface area contributed by atoms with Crippen molar-refractivity contribution in [1.29, 1.82) is 0 Å². The summed E-state index contributed by atoms with van der Waals surface area (Å²) in [6.07, 6.45) is 0. The van der Waals surface area contributed by atoms with Gasteiger partial charge < -0.3 is 5.32 Å². The van der Waals surface area contributed by atoms with Crippen LogP contribution < -0.4 is 5.32 Å². The lowest BCUT2D eigenvalue weighted by Crippen LogP contribution is -2.42. The number of hydrogen-bond donors (Lipinski definition) is 1. The third-order valence-corrected chi connectivity index (χ3v) is 3.37. The summed E-state index contributed by atoms with van der Waals surface area (Å²) < 4.78 is 0. The van der Waals surface area contributed by atoms with Crippen molar-refractivity contribution in [3.05, 3.63) is 35.9 Å². The van der Waals surface area contributed by atoms with Gasteiger partial charge in [0.05, 0.1) is 0 Å². The van der Waals surface area contributed by atoms with Gasteiger partial charge in [-0.1, -0.05) is 44.2 Å². The zero-order valence-electron chi connectivity index (χ0n) is 11.0. The highest BCUT2D eigenvalue weighted by Crippen LogP contribution is 2.11. The Kier molecular flexibility index (Phi) is 4.57. The lowest BCUT2D eigenvalue weighted by Gasteiger charge is -2.31. The predicted octanol–water partition coefficient (Wildman–Crippen LogP) is 2.36. The lowest BCUT2D eigenvalue weighted by atomic mass is 10.0. The number of hydrogen-bond acceptors (Lipinski definition) is 2. The van der Waals surface area contributed by atoms with Crippen LogP contribution in [0, 0.1) is 11.8 Å². The van der Waals surface area contributed by atoms with Crippen LogP contribution in [0.1, 0.15) is 19.4 Å². The van der Waals surface area contributed by atoms with Crippen molar-refractivity contribution in [3.63, 3.8) is 0 Å². The van der Waals surface area contributed by atoms with E-state index in [0.29, 0.717) is 0 Å². The molecule has 2 rings (SSSR count). The van der Waals surface area contributed by atoms with E-state index < -0.39 is 0 Å². The van der Waals surface area contributed by atoms with Gasteiger partial charge in [0.2, 0.25) is 0 Å². The van der Waals surface area contributed by atoms with E-state index in [1.165, 1.54) is 18.7 Å². The molecule has 0 bridgehead atoms. The van der Waals surface area contributed by atoms with Crippen LogP contribution in [0.2, 0.25) is 0 Å². The van der Waals surface area contributed by atoms with Crippen LogP contribution in [-0.4, -0.2) is 31.1 Å². The molecule has 1 aliphatic rings. The minimum atomic E-state index is 0.742. The third-order valence-electron chi connectivity index (χ3n) is 3.37. The van der Waals surface area contributed by atoms with Gasteiger partial charge in [0.25, 0.3) is 0 Å². The molecule has 1 N–H and O–H groups in total. The molecule has 1 fully saturated rings. The molecule has 1 aliphatic heterocycles. The molecule has 0 aliphatic carbocycles. The van der Waals surface area contributed by atoms with Crippen LogP contribution in [-0.2, 0) is 6.54 Å². The Hall–Kier alpha value is -0.860. The first-order valence-electron chi connectivity index (χ1n) is 6.71. The second-order valence-corrected chi connectivity index (χ2v) is 5.55. The van der Waals surface area contributed by atoms with Crippen molar-refractivity contribution < 1.29 is 0 Å². The van der Waals surface area contributed by atoms with Gasteiger partial charge in [-0.3, -0.25) is 4.90 Å². The summed E-state index contributed by atoms with van der Waals surface area (Å²) >= 11 is 0. The van der Waals surface area contributed by atoms with E-state index in [-0.39, 0.29) is 0 Å². The summed E-state index contributed by atoms with van der Waals surface area (Å²) in [7, 11) is 0. The summed E-state index contributed by atoms with van der Waals surface area (Å²) in [6, 6.07) is 10.8. The normalized spacial score (nSPS) is 27.4. The van der Waals surface area contributed by atoms with E-state index >= 15 is 0 Å². The van der Waals surface area contributed by atoms with Gasteiger partial charge in [-0.15, -0.1) is 0 Å². The predicted molar refractivity (Wildman–Crippen MR) is 72.9 cm³/mol. The Labute approximate surface area is 105 Å². The molecular weight excluding hydrogens is 208 g/mol. The van der Waals surface area contributed by atoms with E-state index in [2.05, 4.69) is 54.4 Å². The van der Waals surface area contributed by atoms with Gasteiger partial charge in [0, 0.05) is 19.6 Å². The minimum absolute atomic E-state index is 0.742. The van der Waals surface area contributed by atoms with Crippen molar-refractivity contribution >= 4 is 0 Å². The van der Waals surface area contributed by atoms with Gasteiger partial charge in [-0.05, 0) is 30.5 Å². The number of nitrogens with zero attached hydrogens (tertiary/aromatic N) is 1. The van der Waals surface area contributed by atoms with Crippen LogP contribution in [0.4, 0.5) is 0 Å². The van der Waals surface area contributed by atoms with Crippen LogP contribution in [0.15, 0.2) is 30.3 Å². The average molecular weight is 232 g/mol. The van der Waals surface area contributed by atoms with Gasteiger partial charge in [-0.2, -0.15) is 0 Å². The molecule has 2 nitrogen and oxygen atoms in total. The Bertz CT molecular complexity index is 311. The highest BCUT2D eigenvalue weighted by Gasteiger charge is 2.17. The largest absolute Gasteiger partial charge is 0.316 e. The lowest BCUT2D eigenvalue weighted by molar-refractivity contribution is 0.178. The van der Waals surface area contributed by atoms with Crippen molar-refractivity contribution in [3.8, 4) is 0 Å². The zero-order valence-corrected chi connectivity index (χ0v) is 11.0. The minimum Gasteiger partial charge on any atom is -0.316 e. The first kappa shape index (κ1) is 12.6. The summed E-state index contributed by atoms with van der Waals surface area (Å²) in [4.78, 5) is 2.60. The number of rotatable bonds is 2. The highest BCUT2D eigenvalue weighted by molar-refractivity contribution is 5.14. The maximum atomic E-state index is 3.54. The van der Waals surface area contributed by atoms with Crippen LogP contribution in [0.3, 0.4) is 0 Å². The highest BCUT2D eigenvalue weighted by atomic mass is 15.1. The van der Waals surface area contributed by atoms with E-state index in [1.807, 2.05) is 0 Å². The SMILES string of the molecule is CC1CNCC(C)CN(Cc2ccccc2)C1. The third kappa shape index (κ3) is 4.14. The molecule has 2 unspecified atom stereocenters. The summed E-state index contributed by atoms with van der Waals surface area (Å²) in [5.74, 6) is 1.48.